The van der Waals surface area contributed by atoms with Crippen LogP contribution in [0.25, 0.3) is 0 Å². The molecule has 10 heavy (non-hydrogen) atoms. The van der Waals surface area contributed by atoms with Crippen LogP contribution in [0.15, 0.2) is 18.2 Å². The van der Waals surface area contributed by atoms with E-state index in [1.807, 2.05) is 6.92 Å². The molecule has 1 aromatic carbocycles. The molecule has 0 aromatic heterocycles. The summed E-state index contributed by atoms with van der Waals surface area (Å²) in [5.74, 6) is 4.98. The van der Waals surface area contributed by atoms with Crippen LogP contribution in [0.3, 0.4) is 0 Å². The number of hydrogen-bond acceptors (Lipinski definition) is 1. The topological polar surface area (TPSA) is 46.1 Å². The summed E-state index contributed by atoms with van der Waals surface area (Å²) in [6, 6.07) is 7.83. The third-order valence-electron chi connectivity index (χ3n) is 1.28. The second-order valence-corrected chi connectivity index (χ2v) is 2.04. The number of nitroso groups, excluding NO2 is 1. The molecule has 51 valence electrons. The molecule has 0 amide bonds. The fourth-order valence-electron chi connectivity index (χ4n) is 0.753. The Hall–Kier alpha value is -1.38. The van der Waals surface area contributed by atoms with E-state index in [1.54, 1.807) is 18.2 Å². The lowest BCUT2D eigenvalue weighted by molar-refractivity contribution is -0.475. The molecule has 0 atom stereocenters. The number of rotatable bonds is 1. The molecule has 3 heteroatoms. The van der Waals surface area contributed by atoms with E-state index >= 15 is 0 Å². The van der Waals surface area contributed by atoms with Crippen LogP contribution in [0, 0.1) is 17.9 Å². The molecule has 0 spiro atoms. The highest BCUT2D eigenvalue weighted by Crippen LogP contribution is 2.12. The maximum absolute atomic E-state index is 10.5. The summed E-state index contributed by atoms with van der Waals surface area (Å²) in [7, 11) is 0. The largest absolute Gasteiger partial charge is 0.294 e. The zero-order valence-electron chi connectivity index (χ0n) is 5.66. The highest BCUT2D eigenvalue weighted by atomic mass is 16.3. The van der Waals surface area contributed by atoms with Gasteiger partial charge in [0.25, 0.3) is 5.69 Å². The quantitative estimate of drug-likeness (QED) is 0.356. The first kappa shape index (κ1) is 6.74. The van der Waals surface area contributed by atoms with Gasteiger partial charge in [-0.3, -0.25) is 0 Å². The van der Waals surface area contributed by atoms with Crippen LogP contribution in [-0.2, 0) is 0 Å². The van der Waals surface area contributed by atoms with Gasteiger partial charge in [-0.2, -0.15) is 5.84 Å². The van der Waals surface area contributed by atoms with Gasteiger partial charge >= 0.3 is 0 Å². The number of aryl methyl sites for hydroxylation is 1. The van der Waals surface area contributed by atoms with E-state index in [1.165, 1.54) is 0 Å². The van der Waals surface area contributed by atoms with Crippen molar-refractivity contribution in [2.24, 2.45) is 5.84 Å². The highest BCUT2D eigenvalue weighted by molar-refractivity contribution is 5.37. The van der Waals surface area contributed by atoms with Crippen LogP contribution in [0.2, 0.25) is 0 Å². The first-order valence-corrected chi connectivity index (χ1v) is 2.90. The predicted molar refractivity (Wildman–Crippen MR) is 37.5 cm³/mol. The van der Waals surface area contributed by atoms with Crippen LogP contribution in [-0.4, -0.2) is 4.87 Å². The summed E-state index contributed by atoms with van der Waals surface area (Å²) in [4.78, 5) is 10.9. The van der Waals surface area contributed by atoms with Gasteiger partial charge in [0.15, 0.2) is 4.87 Å². The van der Waals surface area contributed by atoms with Gasteiger partial charge in [0, 0.05) is 11.6 Å². The van der Waals surface area contributed by atoms with Crippen molar-refractivity contribution in [3.05, 3.63) is 34.7 Å². The van der Waals surface area contributed by atoms with Gasteiger partial charge in [0.2, 0.25) is 0 Å². The van der Waals surface area contributed by atoms with Crippen molar-refractivity contribution < 1.29 is 4.87 Å². The number of benzene rings is 1. The van der Waals surface area contributed by atoms with E-state index in [2.05, 4.69) is 6.07 Å². The molecule has 0 fully saturated rings. The van der Waals surface area contributed by atoms with Gasteiger partial charge in [0.05, 0.1) is 4.91 Å². The fraction of sp³-hybridized carbons (Fsp3) is 0.143. The first-order chi connectivity index (χ1) is 4.72. The summed E-state index contributed by atoms with van der Waals surface area (Å²) in [6.45, 7) is 1.81. The molecule has 0 aliphatic carbocycles. The van der Waals surface area contributed by atoms with Gasteiger partial charge in [0.1, 0.15) is 0 Å². The lowest BCUT2D eigenvalue weighted by Crippen LogP contribution is -2.09. The molecule has 0 unspecified atom stereocenters. The van der Waals surface area contributed by atoms with Crippen molar-refractivity contribution in [1.29, 1.82) is 0 Å². The van der Waals surface area contributed by atoms with Gasteiger partial charge in [-0.25, -0.2) is 0 Å². The standard InChI is InChI=1S/C7H8N2O/c1-6-4-2-3-5-7(6)9(8)10/h3-5H,1H3,(H2,8,10)/q+1. The second kappa shape index (κ2) is 2.47. The Morgan fingerprint density at radius 3 is 2.80 bits per heavy atom. The molecule has 3 nitrogen and oxygen atoms in total. The number of hydrazine groups is 1. The normalized spacial score (nSPS) is 9.30. The lowest BCUT2D eigenvalue weighted by atomic mass is 10.2. The van der Waals surface area contributed by atoms with Gasteiger partial charge < -0.3 is 0 Å². The SMILES string of the molecule is Cc1c[c]ccc1[N+](N)=O. The molecule has 0 heterocycles. The van der Waals surface area contributed by atoms with Crippen LogP contribution in [0.4, 0.5) is 5.69 Å². The zero-order chi connectivity index (χ0) is 7.56. The Morgan fingerprint density at radius 1 is 1.70 bits per heavy atom. The van der Waals surface area contributed by atoms with Gasteiger partial charge in [-0.1, -0.05) is 0 Å². The Labute approximate surface area is 59.0 Å². The fourth-order valence-corrected chi connectivity index (χ4v) is 0.753. The molecular formula is C7H8N2O+. The predicted octanol–water partition coefficient (Wildman–Crippen LogP) is 1.08. The molecule has 0 aliphatic rings. The van der Waals surface area contributed by atoms with Crippen LogP contribution >= 0.6 is 0 Å². The van der Waals surface area contributed by atoms with E-state index in [0.717, 1.165) is 5.56 Å². The molecule has 0 aliphatic heterocycles. The van der Waals surface area contributed by atoms with Crippen molar-refractivity contribution in [2.75, 3.05) is 0 Å². The highest BCUT2D eigenvalue weighted by Gasteiger charge is 2.09. The van der Waals surface area contributed by atoms with Crippen molar-refractivity contribution in [1.82, 2.24) is 0 Å². The van der Waals surface area contributed by atoms with Crippen molar-refractivity contribution >= 4 is 5.69 Å². The molecule has 1 rings (SSSR count). The third-order valence-corrected chi connectivity index (χ3v) is 1.28. The van der Waals surface area contributed by atoms with E-state index in [0.29, 0.717) is 10.6 Å². The van der Waals surface area contributed by atoms with Crippen molar-refractivity contribution in [3.63, 3.8) is 0 Å². The maximum Gasteiger partial charge on any atom is 0.294 e. The number of nitrogens with zero attached hydrogens (tertiary/aromatic N) is 1. The monoisotopic (exact) mass is 136 g/mol. The van der Waals surface area contributed by atoms with E-state index in [4.69, 9.17) is 5.84 Å². The Balaban J connectivity index is 3.15. The number of nitrogens with two attached hydrogens (primary N) is 1. The van der Waals surface area contributed by atoms with Crippen LogP contribution in [0.1, 0.15) is 5.56 Å². The summed E-state index contributed by atoms with van der Waals surface area (Å²) < 4.78 is 0. The molecule has 0 saturated heterocycles. The van der Waals surface area contributed by atoms with Crippen molar-refractivity contribution in [3.8, 4) is 0 Å². The smallest absolute Gasteiger partial charge is 0.159 e. The van der Waals surface area contributed by atoms with Crippen LogP contribution < -0.4 is 5.84 Å². The summed E-state index contributed by atoms with van der Waals surface area (Å²) in [5, 5.41) is 0. The Bertz CT molecular complexity index is 258. The summed E-state index contributed by atoms with van der Waals surface area (Å²) >= 11 is 0. The minimum atomic E-state index is 0.350. The molecular weight excluding hydrogens is 128 g/mol. The van der Waals surface area contributed by atoms with E-state index in [-0.39, 0.29) is 0 Å². The van der Waals surface area contributed by atoms with Gasteiger partial charge in [-0.05, 0) is 25.1 Å². The minimum Gasteiger partial charge on any atom is -0.159 e. The van der Waals surface area contributed by atoms with Gasteiger partial charge in [-0.15, -0.1) is 0 Å². The second-order valence-electron chi connectivity index (χ2n) is 2.04. The van der Waals surface area contributed by atoms with E-state index < -0.39 is 0 Å². The molecule has 1 radical (unpaired) electrons. The average molecular weight is 136 g/mol. The third kappa shape index (κ3) is 1.13. The molecule has 1 aromatic rings. The lowest BCUT2D eigenvalue weighted by Gasteiger charge is -1.88. The van der Waals surface area contributed by atoms with E-state index in [9.17, 15) is 4.91 Å². The molecule has 2 N–H and O–H groups in total. The van der Waals surface area contributed by atoms with Crippen LogP contribution in [0.5, 0.6) is 0 Å². The number of hydrogen-bond donors (Lipinski definition) is 1. The maximum atomic E-state index is 10.5. The molecule has 0 saturated carbocycles. The Kier molecular flexibility index (Phi) is 1.67. The summed E-state index contributed by atoms with van der Waals surface area (Å²) in [5.41, 5.74) is 1.32. The molecule has 0 bridgehead atoms. The average Bonchev–Trinajstić information content (AvgIpc) is 1.88. The first-order valence-electron chi connectivity index (χ1n) is 2.90. The van der Waals surface area contributed by atoms with Crippen molar-refractivity contribution in [2.45, 2.75) is 6.92 Å². The minimum absolute atomic E-state index is 0.350. The zero-order valence-corrected chi connectivity index (χ0v) is 5.66. The Morgan fingerprint density at radius 2 is 2.40 bits per heavy atom. The summed E-state index contributed by atoms with van der Waals surface area (Å²) in [6.07, 6.45) is 0.